The Labute approximate surface area is 168 Å². The maximum absolute atomic E-state index is 12.7. The number of nitrogens with one attached hydrogen (secondary N) is 2. The van der Waals surface area contributed by atoms with E-state index >= 15 is 0 Å². The molecule has 0 bridgehead atoms. The summed E-state index contributed by atoms with van der Waals surface area (Å²) in [6, 6.07) is -0.264. The summed E-state index contributed by atoms with van der Waals surface area (Å²) >= 11 is 0. The topological polar surface area (TPSA) is 103 Å². The van der Waals surface area contributed by atoms with Crippen molar-refractivity contribution >= 4 is 21.9 Å². The smallest absolute Gasteiger partial charge is 0.376 e. The van der Waals surface area contributed by atoms with E-state index in [0.29, 0.717) is 23.4 Å². The van der Waals surface area contributed by atoms with Gasteiger partial charge >= 0.3 is 15.5 Å². The first-order chi connectivity index (χ1) is 13.5. The number of aliphatic imine (C=N–C) groups is 1. The first-order valence-electron chi connectivity index (χ1n) is 9.43. The van der Waals surface area contributed by atoms with E-state index < -0.39 is 15.5 Å². The molecule has 0 saturated carbocycles. The third-order valence-electron chi connectivity index (χ3n) is 4.82. The van der Waals surface area contributed by atoms with Crippen LogP contribution in [-0.2, 0) is 19.6 Å². The Morgan fingerprint density at radius 1 is 1.24 bits per heavy atom. The van der Waals surface area contributed by atoms with Crippen LogP contribution in [0.3, 0.4) is 0 Å². The normalized spacial score (nSPS) is 22.5. The molecule has 168 valence electrons. The number of ether oxygens (including phenoxy) is 1. The van der Waals surface area contributed by atoms with Crippen LogP contribution in [-0.4, -0.2) is 94.0 Å². The molecule has 2 heterocycles. The summed E-state index contributed by atoms with van der Waals surface area (Å²) in [7, 11) is -2.09. The SMILES string of the molecule is CN(C)C(=O)CN=C(NCC1CCCO1)NC1CCN(S(=O)(=O)C(F)(F)F)CC1. The molecular weight excluding hydrogens is 415 g/mol. The Morgan fingerprint density at radius 3 is 2.41 bits per heavy atom. The summed E-state index contributed by atoms with van der Waals surface area (Å²) in [5, 5.41) is 6.20. The number of carbonyl (C=O) groups is 1. The fourth-order valence-electron chi connectivity index (χ4n) is 3.04. The average Bonchev–Trinajstić information content (AvgIpc) is 3.16. The maximum Gasteiger partial charge on any atom is 0.511 e. The lowest BCUT2D eigenvalue weighted by atomic mass is 10.1. The van der Waals surface area contributed by atoms with E-state index in [4.69, 9.17) is 4.74 Å². The van der Waals surface area contributed by atoms with E-state index in [-0.39, 0.29) is 50.5 Å². The van der Waals surface area contributed by atoms with Crippen molar-refractivity contribution in [2.45, 2.75) is 43.3 Å². The summed E-state index contributed by atoms with van der Waals surface area (Å²) in [5.74, 6) is 0.155. The molecule has 2 aliphatic rings. The number of hydrogen-bond donors (Lipinski definition) is 2. The molecular formula is C16H28F3N5O4S. The second-order valence-corrected chi connectivity index (χ2v) is 9.17. The first kappa shape index (κ1) is 23.7. The number of nitrogens with zero attached hydrogens (tertiary/aromatic N) is 3. The molecule has 2 aliphatic heterocycles. The number of carbonyl (C=O) groups excluding carboxylic acids is 1. The maximum atomic E-state index is 12.7. The lowest BCUT2D eigenvalue weighted by molar-refractivity contribution is -0.127. The van der Waals surface area contributed by atoms with Gasteiger partial charge in [0.05, 0.1) is 6.10 Å². The number of alkyl halides is 3. The van der Waals surface area contributed by atoms with E-state index in [1.165, 1.54) is 4.90 Å². The van der Waals surface area contributed by atoms with Gasteiger partial charge in [0.2, 0.25) is 5.91 Å². The number of sulfonamides is 1. The Morgan fingerprint density at radius 2 is 1.90 bits per heavy atom. The van der Waals surface area contributed by atoms with Gasteiger partial charge in [-0.3, -0.25) is 4.79 Å². The highest BCUT2D eigenvalue weighted by atomic mass is 32.2. The fraction of sp³-hybridized carbons (Fsp3) is 0.875. The molecule has 2 N–H and O–H groups in total. The van der Waals surface area contributed by atoms with Crippen LogP contribution in [0.15, 0.2) is 4.99 Å². The molecule has 29 heavy (non-hydrogen) atoms. The zero-order valence-electron chi connectivity index (χ0n) is 16.5. The molecule has 1 amide bonds. The zero-order chi connectivity index (χ0) is 21.7. The highest BCUT2D eigenvalue weighted by Crippen LogP contribution is 2.28. The molecule has 0 aromatic carbocycles. The van der Waals surface area contributed by atoms with Crippen molar-refractivity contribution in [1.29, 1.82) is 0 Å². The molecule has 2 fully saturated rings. The van der Waals surface area contributed by atoms with Crippen LogP contribution in [0.1, 0.15) is 25.7 Å². The molecule has 9 nitrogen and oxygen atoms in total. The third kappa shape index (κ3) is 6.71. The van der Waals surface area contributed by atoms with Crippen molar-refractivity contribution in [3.8, 4) is 0 Å². The lowest BCUT2D eigenvalue weighted by Crippen LogP contribution is -2.52. The van der Waals surface area contributed by atoms with Gasteiger partial charge in [0.1, 0.15) is 6.54 Å². The van der Waals surface area contributed by atoms with Gasteiger partial charge in [0, 0.05) is 46.4 Å². The van der Waals surface area contributed by atoms with E-state index in [9.17, 15) is 26.4 Å². The number of guanidine groups is 1. The van der Waals surface area contributed by atoms with Gasteiger partial charge in [-0.15, -0.1) is 0 Å². The predicted octanol–water partition coefficient (Wildman–Crippen LogP) is 0.103. The van der Waals surface area contributed by atoms with Gasteiger partial charge in [-0.05, 0) is 25.7 Å². The first-order valence-corrected chi connectivity index (χ1v) is 10.9. The van der Waals surface area contributed by atoms with E-state index in [1.54, 1.807) is 14.1 Å². The van der Waals surface area contributed by atoms with Crippen molar-refractivity contribution in [3.05, 3.63) is 0 Å². The lowest BCUT2D eigenvalue weighted by Gasteiger charge is -2.32. The molecule has 0 spiro atoms. The largest absolute Gasteiger partial charge is 0.511 e. The summed E-state index contributed by atoms with van der Waals surface area (Å²) in [5.41, 5.74) is -5.30. The Hall–Kier alpha value is -1.60. The number of amides is 1. The molecule has 2 saturated heterocycles. The molecule has 0 aromatic heterocycles. The van der Waals surface area contributed by atoms with Crippen LogP contribution < -0.4 is 10.6 Å². The Balaban J connectivity index is 1.94. The van der Waals surface area contributed by atoms with Gasteiger partial charge in [-0.2, -0.15) is 17.5 Å². The van der Waals surface area contributed by atoms with Crippen LogP contribution in [0.5, 0.6) is 0 Å². The number of rotatable bonds is 6. The molecule has 1 unspecified atom stereocenters. The second-order valence-electron chi connectivity index (χ2n) is 7.24. The standard InChI is InChI=1S/C16H28F3N5O4S/c1-23(2)14(25)11-21-15(20-10-13-4-3-9-28-13)22-12-5-7-24(8-6-12)29(26,27)16(17,18)19/h12-13H,3-11H2,1-2H3,(H2,20,21,22). The monoisotopic (exact) mass is 443 g/mol. The molecule has 0 aliphatic carbocycles. The van der Waals surface area contributed by atoms with Gasteiger partial charge < -0.3 is 20.3 Å². The van der Waals surface area contributed by atoms with E-state index in [1.807, 2.05) is 0 Å². The summed E-state index contributed by atoms with van der Waals surface area (Å²) in [4.78, 5) is 17.5. The van der Waals surface area contributed by atoms with Crippen molar-refractivity contribution in [2.24, 2.45) is 4.99 Å². The minimum absolute atomic E-state index is 0.0327. The van der Waals surface area contributed by atoms with Crippen molar-refractivity contribution < 1.29 is 31.1 Å². The van der Waals surface area contributed by atoms with Crippen LogP contribution >= 0.6 is 0 Å². The Kier molecular flexibility index (Phi) is 8.11. The van der Waals surface area contributed by atoms with Crippen LogP contribution in [0.4, 0.5) is 13.2 Å². The highest BCUT2D eigenvalue weighted by molar-refractivity contribution is 7.90. The molecule has 13 heteroatoms. The molecule has 2 rings (SSSR count). The Bertz CT molecular complexity index is 685. The van der Waals surface area contributed by atoms with Crippen molar-refractivity contribution in [1.82, 2.24) is 19.8 Å². The average molecular weight is 443 g/mol. The van der Waals surface area contributed by atoms with E-state index in [2.05, 4.69) is 15.6 Å². The van der Waals surface area contributed by atoms with Gasteiger partial charge in [0.25, 0.3) is 0 Å². The fourth-order valence-corrected chi connectivity index (χ4v) is 4.02. The van der Waals surface area contributed by atoms with Gasteiger partial charge in [-0.1, -0.05) is 0 Å². The van der Waals surface area contributed by atoms with Crippen molar-refractivity contribution in [3.63, 3.8) is 0 Å². The zero-order valence-corrected chi connectivity index (χ0v) is 17.4. The van der Waals surface area contributed by atoms with Crippen LogP contribution in [0.25, 0.3) is 0 Å². The summed E-state index contributed by atoms with van der Waals surface area (Å²) < 4.78 is 67.1. The molecule has 0 radical (unpaired) electrons. The predicted molar refractivity (Wildman–Crippen MR) is 101 cm³/mol. The third-order valence-corrected chi connectivity index (χ3v) is 6.45. The quantitative estimate of drug-likeness (QED) is 0.446. The minimum atomic E-state index is -5.31. The van der Waals surface area contributed by atoms with Crippen LogP contribution in [0, 0.1) is 0 Å². The highest BCUT2D eigenvalue weighted by Gasteiger charge is 2.50. The van der Waals surface area contributed by atoms with Gasteiger partial charge in [0.15, 0.2) is 5.96 Å². The van der Waals surface area contributed by atoms with Gasteiger partial charge in [-0.25, -0.2) is 13.4 Å². The number of halogens is 3. The number of likely N-dealkylation sites (N-methyl/N-ethyl adjacent to an activating group) is 1. The number of hydrogen-bond acceptors (Lipinski definition) is 5. The minimum Gasteiger partial charge on any atom is -0.376 e. The summed E-state index contributed by atoms with van der Waals surface area (Å²) in [6.45, 7) is 0.611. The van der Waals surface area contributed by atoms with E-state index in [0.717, 1.165) is 12.8 Å². The molecule has 1 atom stereocenters. The van der Waals surface area contributed by atoms with Crippen LogP contribution in [0.2, 0.25) is 0 Å². The second kappa shape index (κ2) is 9.94. The number of piperidine rings is 1. The summed E-state index contributed by atoms with van der Waals surface area (Å²) in [6.07, 6.45) is 2.29. The van der Waals surface area contributed by atoms with Crippen molar-refractivity contribution in [2.75, 3.05) is 46.9 Å². The molecule has 0 aromatic rings.